The Labute approximate surface area is 148 Å². The first-order chi connectivity index (χ1) is 11.7. The fraction of sp³-hybridized carbons (Fsp3) is 0.158. The molecule has 1 amide bonds. The van der Waals surface area contributed by atoms with Crippen LogP contribution in [0.3, 0.4) is 0 Å². The molecule has 4 rings (SSSR count). The second kappa shape index (κ2) is 5.91. The Bertz CT molecular complexity index is 867. The molecule has 1 saturated carbocycles. The van der Waals surface area contributed by atoms with Crippen LogP contribution in [-0.2, 0) is 10.2 Å². The van der Waals surface area contributed by atoms with Gasteiger partial charge in [0.2, 0.25) is 5.91 Å². The molecule has 5 heteroatoms. The van der Waals surface area contributed by atoms with Gasteiger partial charge >= 0.3 is 0 Å². The number of benzene rings is 2. The minimum atomic E-state index is -0.406. The summed E-state index contributed by atoms with van der Waals surface area (Å²) >= 11 is 3.44. The summed E-state index contributed by atoms with van der Waals surface area (Å²) in [6.07, 6.45) is 3.60. The van der Waals surface area contributed by atoms with Gasteiger partial charge in [-0.2, -0.15) is 5.10 Å². The molecule has 120 valence electrons. The second-order valence-corrected chi connectivity index (χ2v) is 6.94. The zero-order chi connectivity index (χ0) is 16.6. The number of halogens is 1. The first-order valence-electron chi connectivity index (χ1n) is 7.86. The molecule has 1 aliphatic carbocycles. The van der Waals surface area contributed by atoms with Crippen molar-refractivity contribution in [3.05, 3.63) is 76.9 Å². The van der Waals surface area contributed by atoms with Gasteiger partial charge in [0, 0.05) is 16.7 Å². The molecule has 0 radical (unpaired) electrons. The van der Waals surface area contributed by atoms with Crippen molar-refractivity contribution in [1.82, 2.24) is 9.78 Å². The summed E-state index contributed by atoms with van der Waals surface area (Å²) in [5.41, 5.74) is 1.62. The number of aromatic nitrogens is 2. The van der Waals surface area contributed by atoms with Gasteiger partial charge in [-0.05, 0) is 42.7 Å². The van der Waals surface area contributed by atoms with Gasteiger partial charge in [-0.3, -0.25) is 4.79 Å². The van der Waals surface area contributed by atoms with Crippen molar-refractivity contribution < 1.29 is 4.79 Å². The molecule has 0 spiro atoms. The molecular weight excluding hydrogens is 366 g/mol. The van der Waals surface area contributed by atoms with Crippen LogP contribution in [0.5, 0.6) is 0 Å². The lowest BCUT2D eigenvalue weighted by Gasteiger charge is -2.14. The van der Waals surface area contributed by atoms with E-state index in [0.717, 1.165) is 28.6 Å². The Balaban J connectivity index is 1.53. The van der Waals surface area contributed by atoms with Crippen molar-refractivity contribution in [3.63, 3.8) is 0 Å². The normalized spacial score (nSPS) is 15.0. The summed E-state index contributed by atoms with van der Waals surface area (Å²) < 4.78 is 2.78. The number of carbonyl (C=O) groups is 1. The van der Waals surface area contributed by atoms with Gasteiger partial charge in [-0.15, -0.1) is 0 Å². The van der Waals surface area contributed by atoms with Gasteiger partial charge in [0.15, 0.2) is 5.82 Å². The molecule has 0 bridgehead atoms. The standard InChI is InChI=1S/C19H16BrN3O/c20-15-8-6-14(7-9-15)19(11-12-19)18(24)21-17-10-13-23(22-17)16-4-2-1-3-5-16/h1-10,13H,11-12H2,(H,21,22,24). The van der Waals surface area contributed by atoms with E-state index in [-0.39, 0.29) is 5.91 Å². The Morgan fingerprint density at radius 3 is 2.42 bits per heavy atom. The molecule has 1 N–H and O–H groups in total. The van der Waals surface area contributed by atoms with Gasteiger partial charge < -0.3 is 5.32 Å². The predicted molar refractivity (Wildman–Crippen MR) is 97.2 cm³/mol. The van der Waals surface area contributed by atoms with E-state index in [4.69, 9.17) is 0 Å². The monoisotopic (exact) mass is 381 g/mol. The molecule has 3 aromatic rings. The fourth-order valence-corrected chi connectivity index (χ4v) is 3.16. The highest BCUT2D eigenvalue weighted by Crippen LogP contribution is 2.49. The zero-order valence-corrected chi connectivity index (χ0v) is 14.5. The summed E-state index contributed by atoms with van der Waals surface area (Å²) in [5, 5.41) is 7.41. The number of nitrogens with one attached hydrogen (secondary N) is 1. The van der Waals surface area contributed by atoms with Gasteiger partial charge in [0.05, 0.1) is 11.1 Å². The molecule has 0 saturated heterocycles. The summed E-state index contributed by atoms with van der Waals surface area (Å²) in [4.78, 5) is 12.8. The van der Waals surface area contributed by atoms with Crippen LogP contribution in [0, 0.1) is 0 Å². The van der Waals surface area contributed by atoms with Crippen LogP contribution in [0.25, 0.3) is 5.69 Å². The molecule has 0 atom stereocenters. The van der Waals surface area contributed by atoms with Crippen molar-refractivity contribution in [2.75, 3.05) is 5.32 Å². The molecule has 1 aliphatic rings. The van der Waals surface area contributed by atoms with Crippen molar-refractivity contribution in [2.24, 2.45) is 0 Å². The first-order valence-corrected chi connectivity index (χ1v) is 8.65. The summed E-state index contributed by atoms with van der Waals surface area (Å²) in [5.74, 6) is 0.593. The molecular formula is C19H16BrN3O. The third-order valence-corrected chi connectivity index (χ3v) is 4.96. The number of rotatable bonds is 4. The zero-order valence-electron chi connectivity index (χ0n) is 12.9. The molecule has 1 heterocycles. The number of amides is 1. The highest BCUT2D eigenvalue weighted by Gasteiger charge is 2.51. The van der Waals surface area contributed by atoms with E-state index in [0.29, 0.717) is 5.82 Å². The lowest BCUT2D eigenvalue weighted by atomic mass is 9.95. The maximum absolute atomic E-state index is 12.8. The van der Waals surface area contributed by atoms with Crippen molar-refractivity contribution >= 4 is 27.7 Å². The maximum atomic E-state index is 12.8. The molecule has 1 fully saturated rings. The quantitative estimate of drug-likeness (QED) is 0.731. The van der Waals surface area contributed by atoms with E-state index in [1.165, 1.54) is 0 Å². The Morgan fingerprint density at radius 2 is 1.75 bits per heavy atom. The third-order valence-electron chi connectivity index (χ3n) is 4.43. The van der Waals surface area contributed by atoms with Crippen LogP contribution in [0.15, 0.2) is 71.3 Å². The van der Waals surface area contributed by atoms with Gasteiger partial charge in [0.1, 0.15) is 0 Å². The smallest absolute Gasteiger partial charge is 0.236 e. The Morgan fingerprint density at radius 1 is 1.04 bits per heavy atom. The molecule has 0 aliphatic heterocycles. The summed E-state index contributed by atoms with van der Waals surface area (Å²) in [6.45, 7) is 0. The van der Waals surface area contributed by atoms with Crippen LogP contribution in [0.4, 0.5) is 5.82 Å². The van der Waals surface area contributed by atoms with E-state index in [1.807, 2.05) is 66.9 Å². The van der Waals surface area contributed by atoms with Crippen LogP contribution in [-0.4, -0.2) is 15.7 Å². The third kappa shape index (κ3) is 2.76. The fourth-order valence-electron chi connectivity index (χ4n) is 2.89. The number of para-hydroxylation sites is 1. The van der Waals surface area contributed by atoms with E-state index >= 15 is 0 Å². The minimum absolute atomic E-state index is 0.0168. The molecule has 4 nitrogen and oxygen atoms in total. The Kier molecular flexibility index (Phi) is 3.73. The number of nitrogens with zero attached hydrogens (tertiary/aromatic N) is 2. The average molecular weight is 382 g/mol. The topological polar surface area (TPSA) is 46.9 Å². The van der Waals surface area contributed by atoms with Gasteiger partial charge in [-0.25, -0.2) is 4.68 Å². The predicted octanol–water partition coefficient (Wildman–Crippen LogP) is 4.31. The van der Waals surface area contributed by atoms with Crippen molar-refractivity contribution in [3.8, 4) is 5.69 Å². The summed E-state index contributed by atoms with van der Waals surface area (Å²) in [7, 11) is 0. The van der Waals surface area contributed by atoms with E-state index in [9.17, 15) is 4.79 Å². The SMILES string of the molecule is O=C(Nc1ccn(-c2ccccc2)n1)C1(c2ccc(Br)cc2)CC1. The highest BCUT2D eigenvalue weighted by atomic mass is 79.9. The summed E-state index contributed by atoms with van der Waals surface area (Å²) in [6, 6.07) is 19.6. The van der Waals surface area contributed by atoms with Crippen LogP contribution in [0.2, 0.25) is 0 Å². The van der Waals surface area contributed by atoms with Crippen LogP contribution in [0.1, 0.15) is 18.4 Å². The number of carbonyl (C=O) groups excluding carboxylic acids is 1. The molecule has 24 heavy (non-hydrogen) atoms. The van der Waals surface area contributed by atoms with Crippen LogP contribution < -0.4 is 5.32 Å². The molecule has 2 aromatic carbocycles. The van der Waals surface area contributed by atoms with E-state index in [2.05, 4.69) is 26.3 Å². The lowest BCUT2D eigenvalue weighted by molar-refractivity contribution is -0.118. The van der Waals surface area contributed by atoms with Crippen molar-refractivity contribution in [2.45, 2.75) is 18.3 Å². The lowest BCUT2D eigenvalue weighted by Crippen LogP contribution is -2.28. The maximum Gasteiger partial charge on any atom is 0.236 e. The Hall–Kier alpha value is -2.40. The van der Waals surface area contributed by atoms with Crippen LogP contribution >= 0.6 is 15.9 Å². The highest BCUT2D eigenvalue weighted by molar-refractivity contribution is 9.10. The largest absolute Gasteiger partial charge is 0.308 e. The van der Waals surface area contributed by atoms with E-state index < -0.39 is 5.41 Å². The minimum Gasteiger partial charge on any atom is -0.308 e. The first kappa shape index (κ1) is 15.1. The number of anilines is 1. The number of hydrogen-bond donors (Lipinski definition) is 1. The molecule has 1 aromatic heterocycles. The second-order valence-electron chi connectivity index (χ2n) is 6.02. The molecule has 0 unspecified atom stereocenters. The number of hydrogen-bond acceptors (Lipinski definition) is 2. The van der Waals surface area contributed by atoms with Crippen molar-refractivity contribution in [1.29, 1.82) is 0 Å². The van der Waals surface area contributed by atoms with Gasteiger partial charge in [0.25, 0.3) is 0 Å². The van der Waals surface area contributed by atoms with Gasteiger partial charge in [-0.1, -0.05) is 46.3 Å². The average Bonchev–Trinajstić information content (AvgIpc) is 3.30. The van der Waals surface area contributed by atoms with E-state index in [1.54, 1.807) is 4.68 Å².